The highest BCUT2D eigenvalue weighted by molar-refractivity contribution is 4.83. The van der Waals surface area contributed by atoms with Gasteiger partial charge in [-0.3, -0.25) is 0 Å². The molecule has 20 heavy (non-hydrogen) atoms. The van der Waals surface area contributed by atoms with Gasteiger partial charge in [-0.1, -0.05) is 111 Å². The lowest BCUT2D eigenvalue weighted by Crippen LogP contribution is -2.10. The van der Waals surface area contributed by atoms with Gasteiger partial charge in [-0.05, 0) is 18.3 Å². The Labute approximate surface area is 130 Å². The summed E-state index contributed by atoms with van der Waals surface area (Å²) in [5, 5.41) is 0. The lowest BCUT2D eigenvalue weighted by molar-refractivity contribution is 0.390. The fourth-order valence-electron chi connectivity index (χ4n) is 3.20. The zero-order chi connectivity index (χ0) is 15.1. The van der Waals surface area contributed by atoms with Gasteiger partial charge in [0.25, 0.3) is 0 Å². The molecule has 2 atom stereocenters. The van der Waals surface area contributed by atoms with Crippen LogP contribution >= 0.6 is 0 Å². The Hall–Kier alpha value is 0. The second-order valence-electron chi connectivity index (χ2n) is 6.61. The van der Waals surface area contributed by atoms with Crippen LogP contribution in [0, 0.1) is 18.3 Å². The lowest BCUT2D eigenvalue weighted by Gasteiger charge is -2.22. The van der Waals surface area contributed by atoms with Crippen molar-refractivity contribution in [1.82, 2.24) is 0 Å². The van der Waals surface area contributed by atoms with Gasteiger partial charge in [-0.15, -0.1) is 0 Å². The van der Waals surface area contributed by atoms with Gasteiger partial charge < -0.3 is 0 Å². The van der Waals surface area contributed by atoms with Crippen molar-refractivity contribution in [3.8, 4) is 0 Å². The Morgan fingerprint density at radius 2 is 1.10 bits per heavy atom. The molecule has 0 N–H and O–H groups in total. The minimum absolute atomic E-state index is 0.884. The maximum absolute atomic E-state index is 2.74. The third-order valence-corrected chi connectivity index (χ3v) is 4.59. The first-order valence-electron chi connectivity index (χ1n) is 9.63. The first kappa shape index (κ1) is 20.0. The summed E-state index contributed by atoms with van der Waals surface area (Å²) >= 11 is 0. The Morgan fingerprint density at radius 3 is 1.70 bits per heavy atom. The van der Waals surface area contributed by atoms with Crippen LogP contribution in [0.25, 0.3) is 0 Å². The Balaban J connectivity index is 3.87. The van der Waals surface area contributed by atoms with E-state index in [0.717, 1.165) is 11.8 Å². The maximum Gasteiger partial charge on any atom is -0.0324 e. The van der Waals surface area contributed by atoms with E-state index in [2.05, 4.69) is 34.1 Å². The van der Waals surface area contributed by atoms with Crippen molar-refractivity contribution in [3.05, 3.63) is 6.42 Å². The summed E-state index contributed by atoms with van der Waals surface area (Å²) in [6, 6.07) is 0. The SMILES string of the molecule is CCCCCCCC([CH]C(CCC)CCCCC)CC. The molecule has 0 amide bonds. The third kappa shape index (κ3) is 11.8. The first-order valence-corrected chi connectivity index (χ1v) is 9.63. The van der Waals surface area contributed by atoms with Crippen molar-refractivity contribution in [2.75, 3.05) is 0 Å². The summed E-state index contributed by atoms with van der Waals surface area (Å²) in [6.07, 6.45) is 21.1. The minimum Gasteiger partial charge on any atom is -0.0654 e. The van der Waals surface area contributed by atoms with Gasteiger partial charge in [0.1, 0.15) is 0 Å². The molecular formula is C20H41. The standard InChI is InChI=1S/C20H41/c1-5-9-11-12-14-16-19(8-4)18-20(15-7-3)17-13-10-6-2/h18-20H,5-17H2,1-4H3. The maximum atomic E-state index is 2.74. The zero-order valence-corrected chi connectivity index (χ0v) is 14.9. The predicted molar refractivity (Wildman–Crippen MR) is 94.0 cm³/mol. The average molecular weight is 282 g/mol. The van der Waals surface area contributed by atoms with E-state index in [9.17, 15) is 0 Å². The largest absolute Gasteiger partial charge is 0.0654 e. The van der Waals surface area contributed by atoms with Crippen molar-refractivity contribution in [1.29, 1.82) is 0 Å². The van der Waals surface area contributed by atoms with Crippen LogP contribution in [0.15, 0.2) is 0 Å². The number of rotatable bonds is 15. The summed E-state index contributed by atoms with van der Waals surface area (Å²) in [7, 11) is 0. The number of hydrogen-bond donors (Lipinski definition) is 0. The van der Waals surface area contributed by atoms with E-state index in [1.54, 1.807) is 0 Å². The highest BCUT2D eigenvalue weighted by atomic mass is 14.2. The van der Waals surface area contributed by atoms with Crippen molar-refractivity contribution in [2.24, 2.45) is 11.8 Å². The molecule has 0 saturated heterocycles. The molecule has 0 spiro atoms. The molecule has 0 nitrogen and oxygen atoms in total. The lowest BCUT2D eigenvalue weighted by atomic mass is 9.83. The molecule has 0 aliphatic heterocycles. The summed E-state index contributed by atoms with van der Waals surface area (Å²) in [5.41, 5.74) is 0. The molecule has 0 heterocycles. The smallest absolute Gasteiger partial charge is 0.0324 e. The topological polar surface area (TPSA) is 0 Å². The summed E-state index contributed by atoms with van der Waals surface area (Å²) in [4.78, 5) is 0. The molecule has 0 saturated carbocycles. The highest BCUT2D eigenvalue weighted by Crippen LogP contribution is 2.27. The Kier molecular flexibility index (Phi) is 15.4. The van der Waals surface area contributed by atoms with E-state index in [1.807, 2.05) is 0 Å². The summed E-state index contributed by atoms with van der Waals surface area (Å²) in [6.45, 7) is 9.33. The minimum atomic E-state index is 0.884. The molecule has 0 aliphatic rings. The predicted octanol–water partition coefficient (Wildman–Crippen LogP) is 7.57. The van der Waals surface area contributed by atoms with Crippen molar-refractivity contribution < 1.29 is 0 Å². The van der Waals surface area contributed by atoms with E-state index in [4.69, 9.17) is 0 Å². The third-order valence-electron chi connectivity index (χ3n) is 4.59. The van der Waals surface area contributed by atoms with Crippen molar-refractivity contribution in [2.45, 2.75) is 111 Å². The van der Waals surface area contributed by atoms with Crippen molar-refractivity contribution >= 4 is 0 Å². The summed E-state index contributed by atoms with van der Waals surface area (Å²) < 4.78 is 0. The van der Waals surface area contributed by atoms with Gasteiger partial charge in [-0.2, -0.15) is 0 Å². The van der Waals surface area contributed by atoms with Crippen LogP contribution in [0.1, 0.15) is 111 Å². The van der Waals surface area contributed by atoms with Crippen LogP contribution in [-0.4, -0.2) is 0 Å². The second kappa shape index (κ2) is 15.4. The van der Waals surface area contributed by atoms with Gasteiger partial charge in [0.15, 0.2) is 0 Å². The summed E-state index contributed by atoms with van der Waals surface area (Å²) in [5.74, 6) is 1.78. The molecular weight excluding hydrogens is 240 g/mol. The van der Waals surface area contributed by atoms with Gasteiger partial charge in [0.05, 0.1) is 0 Å². The molecule has 0 fully saturated rings. The van der Waals surface area contributed by atoms with E-state index >= 15 is 0 Å². The molecule has 0 rings (SSSR count). The van der Waals surface area contributed by atoms with E-state index < -0.39 is 0 Å². The van der Waals surface area contributed by atoms with E-state index in [0.29, 0.717) is 0 Å². The number of unbranched alkanes of at least 4 members (excludes halogenated alkanes) is 6. The second-order valence-corrected chi connectivity index (χ2v) is 6.61. The molecule has 121 valence electrons. The molecule has 0 heteroatoms. The molecule has 0 aliphatic carbocycles. The molecule has 0 aromatic heterocycles. The number of hydrogen-bond acceptors (Lipinski definition) is 0. The molecule has 1 radical (unpaired) electrons. The molecule has 0 bridgehead atoms. The van der Waals surface area contributed by atoms with Crippen LogP contribution in [0.4, 0.5) is 0 Å². The van der Waals surface area contributed by atoms with Gasteiger partial charge in [0, 0.05) is 0 Å². The fraction of sp³-hybridized carbons (Fsp3) is 0.950. The van der Waals surface area contributed by atoms with Crippen molar-refractivity contribution in [3.63, 3.8) is 0 Å². The van der Waals surface area contributed by atoms with Crippen LogP contribution in [0.5, 0.6) is 0 Å². The average Bonchev–Trinajstić information content (AvgIpc) is 2.46. The quantitative estimate of drug-likeness (QED) is 0.271. The monoisotopic (exact) mass is 281 g/mol. The van der Waals surface area contributed by atoms with Crippen LogP contribution in [0.3, 0.4) is 0 Å². The fourth-order valence-corrected chi connectivity index (χ4v) is 3.20. The van der Waals surface area contributed by atoms with Crippen LogP contribution in [0.2, 0.25) is 0 Å². The van der Waals surface area contributed by atoms with Crippen LogP contribution in [-0.2, 0) is 0 Å². The van der Waals surface area contributed by atoms with E-state index in [-0.39, 0.29) is 0 Å². The molecule has 2 unspecified atom stereocenters. The highest BCUT2D eigenvalue weighted by Gasteiger charge is 2.14. The zero-order valence-electron chi connectivity index (χ0n) is 14.9. The first-order chi connectivity index (χ1) is 9.78. The van der Waals surface area contributed by atoms with E-state index in [1.165, 1.54) is 83.5 Å². The molecule has 0 aromatic carbocycles. The normalized spacial score (nSPS) is 14.4. The van der Waals surface area contributed by atoms with Gasteiger partial charge in [0.2, 0.25) is 0 Å². The Morgan fingerprint density at radius 1 is 0.550 bits per heavy atom. The van der Waals surface area contributed by atoms with Gasteiger partial charge >= 0.3 is 0 Å². The van der Waals surface area contributed by atoms with Gasteiger partial charge in [-0.25, -0.2) is 0 Å². The Bertz CT molecular complexity index is 173. The van der Waals surface area contributed by atoms with Crippen LogP contribution < -0.4 is 0 Å². The molecule has 0 aromatic rings.